The van der Waals surface area contributed by atoms with Gasteiger partial charge in [0.05, 0.1) is 5.76 Å². The Bertz CT molecular complexity index is 105. The first-order chi connectivity index (χ1) is 3.13. The van der Waals surface area contributed by atoms with E-state index in [0.717, 1.165) is 0 Å². The van der Waals surface area contributed by atoms with Crippen LogP contribution < -0.4 is 0 Å². The van der Waals surface area contributed by atoms with Crippen molar-refractivity contribution in [3.05, 3.63) is 11.8 Å². The van der Waals surface area contributed by atoms with E-state index >= 15 is 0 Å². The fourth-order valence-corrected chi connectivity index (χ4v) is 0.294. The second kappa shape index (κ2) is 7.79. The van der Waals surface area contributed by atoms with Crippen molar-refractivity contribution < 1.29 is 34.9 Å². The molecule has 0 aliphatic rings. The van der Waals surface area contributed by atoms with Crippen LogP contribution in [0.4, 0.5) is 0 Å². The van der Waals surface area contributed by atoms with Gasteiger partial charge in [-0.25, -0.2) is 0 Å². The second-order valence-corrected chi connectivity index (χ2v) is 1.40. The first kappa shape index (κ1) is 15.9. The van der Waals surface area contributed by atoms with Gasteiger partial charge < -0.3 is 10.6 Å². The van der Waals surface area contributed by atoms with Crippen LogP contribution in [0.2, 0.25) is 0 Å². The fraction of sp³-hybridized carbons (Fsp3) is 0.400. The average molecular weight is 184 g/mol. The van der Waals surface area contributed by atoms with E-state index in [0.29, 0.717) is 0 Å². The van der Waals surface area contributed by atoms with Crippen molar-refractivity contribution in [1.82, 2.24) is 0 Å². The Morgan fingerprint density at radius 2 is 1.78 bits per heavy atom. The minimum Gasteiger partial charge on any atom is -0.512 e. The van der Waals surface area contributed by atoms with Crippen molar-refractivity contribution in [3.8, 4) is 0 Å². The van der Waals surface area contributed by atoms with Crippen molar-refractivity contribution >= 4 is 5.78 Å². The molecule has 0 atom stereocenters. The number of allylic oxidation sites excluding steroid dienone is 2. The Morgan fingerprint density at radius 3 is 1.78 bits per heavy atom. The Labute approximate surface area is 66.8 Å². The normalized spacial score (nSPS) is 8.89. The smallest absolute Gasteiger partial charge is 0.155 e. The van der Waals surface area contributed by atoms with E-state index in [1.807, 2.05) is 0 Å². The van der Waals surface area contributed by atoms with Gasteiger partial charge in [0.2, 0.25) is 0 Å². The third kappa shape index (κ3) is 18.2. The molecule has 50 valence electrons. The molecule has 0 amide bonds. The molecule has 0 fully saturated rings. The van der Waals surface area contributed by atoms with Crippen LogP contribution in [0.3, 0.4) is 0 Å². The molecular weight excluding hydrogens is 173 g/mol. The standard InChI is InChI=1S/C5H8O2.H2O.Zn/c1-4(6)3-5(2)7;;/h3,6H,1-2H3;1H2;/b4-3-;;. The van der Waals surface area contributed by atoms with Gasteiger partial charge in [0.25, 0.3) is 0 Å². The topological polar surface area (TPSA) is 68.8 Å². The van der Waals surface area contributed by atoms with Gasteiger partial charge in [-0.3, -0.25) is 4.79 Å². The summed E-state index contributed by atoms with van der Waals surface area (Å²) in [4.78, 5) is 10.0. The summed E-state index contributed by atoms with van der Waals surface area (Å²) in [5.74, 6) is -0.0625. The van der Waals surface area contributed by atoms with Gasteiger partial charge >= 0.3 is 0 Å². The van der Waals surface area contributed by atoms with E-state index in [2.05, 4.69) is 0 Å². The molecule has 0 saturated carbocycles. The molecule has 0 aliphatic heterocycles. The van der Waals surface area contributed by atoms with Crippen LogP contribution in [0, 0.1) is 0 Å². The number of hydrogen-bond acceptors (Lipinski definition) is 2. The van der Waals surface area contributed by atoms with Crippen molar-refractivity contribution in [2.75, 3.05) is 0 Å². The molecule has 0 unspecified atom stereocenters. The number of aliphatic hydroxyl groups is 1. The van der Waals surface area contributed by atoms with Crippen LogP contribution in [0.15, 0.2) is 11.8 Å². The van der Waals surface area contributed by atoms with Crippen LogP contribution in [-0.2, 0) is 24.3 Å². The molecule has 0 aliphatic carbocycles. The van der Waals surface area contributed by atoms with E-state index in [-0.39, 0.29) is 36.5 Å². The first-order valence-electron chi connectivity index (χ1n) is 2.01. The van der Waals surface area contributed by atoms with E-state index in [9.17, 15) is 4.79 Å². The van der Waals surface area contributed by atoms with Gasteiger partial charge in [0.15, 0.2) is 5.78 Å². The molecule has 3 nitrogen and oxygen atoms in total. The van der Waals surface area contributed by atoms with Crippen LogP contribution in [0.1, 0.15) is 13.8 Å². The van der Waals surface area contributed by atoms with Crippen molar-refractivity contribution in [3.63, 3.8) is 0 Å². The van der Waals surface area contributed by atoms with Gasteiger partial charge in [0.1, 0.15) is 0 Å². The van der Waals surface area contributed by atoms with Crippen molar-refractivity contribution in [1.29, 1.82) is 0 Å². The summed E-state index contributed by atoms with van der Waals surface area (Å²) in [6.07, 6.45) is 1.17. The van der Waals surface area contributed by atoms with E-state index in [4.69, 9.17) is 5.11 Å². The van der Waals surface area contributed by atoms with Crippen LogP contribution in [0.25, 0.3) is 0 Å². The first-order valence-corrected chi connectivity index (χ1v) is 2.01. The molecule has 0 saturated heterocycles. The third-order valence-corrected chi connectivity index (χ3v) is 0.412. The molecule has 0 radical (unpaired) electrons. The van der Waals surface area contributed by atoms with Crippen LogP contribution in [0.5, 0.6) is 0 Å². The minimum atomic E-state index is -0.125. The van der Waals surface area contributed by atoms with Gasteiger partial charge in [-0.2, -0.15) is 0 Å². The van der Waals surface area contributed by atoms with Crippen molar-refractivity contribution in [2.24, 2.45) is 0 Å². The number of carbonyl (C=O) groups excluding carboxylic acids is 1. The second-order valence-electron chi connectivity index (χ2n) is 1.40. The Kier molecular flexibility index (Phi) is 13.8. The van der Waals surface area contributed by atoms with E-state index in [1.54, 1.807) is 0 Å². The molecule has 0 spiro atoms. The Balaban J connectivity index is -0.000000180. The summed E-state index contributed by atoms with van der Waals surface area (Å²) in [6.45, 7) is 2.85. The summed E-state index contributed by atoms with van der Waals surface area (Å²) in [5.41, 5.74) is 0. The number of hydrogen-bond donors (Lipinski definition) is 1. The maximum Gasteiger partial charge on any atom is 0.155 e. The average Bonchev–Trinajstić information content (AvgIpc) is 1.27. The SMILES string of the molecule is CC(=O)/C=C(/C)O.O.[Zn]. The molecule has 0 aromatic heterocycles. The molecule has 9 heavy (non-hydrogen) atoms. The van der Waals surface area contributed by atoms with Gasteiger partial charge in [-0.15, -0.1) is 0 Å². The number of rotatable bonds is 1. The fourth-order valence-electron chi connectivity index (χ4n) is 0.294. The largest absolute Gasteiger partial charge is 0.512 e. The third-order valence-electron chi connectivity index (χ3n) is 0.412. The molecule has 0 rings (SSSR count). The number of carbonyl (C=O) groups is 1. The Hall–Kier alpha value is -0.207. The molecule has 0 aromatic carbocycles. The zero-order chi connectivity index (χ0) is 5.86. The summed E-state index contributed by atoms with van der Waals surface area (Å²) in [6, 6.07) is 0. The number of ketones is 1. The zero-order valence-corrected chi connectivity index (χ0v) is 8.61. The molecule has 0 bridgehead atoms. The van der Waals surface area contributed by atoms with Gasteiger partial charge in [0, 0.05) is 25.6 Å². The summed E-state index contributed by atoms with van der Waals surface area (Å²) in [5, 5.41) is 8.36. The quantitative estimate of drug-likeness (QED) is 0.359. The summed E-state index contributed by atoms with van der Waals surface area (Å²) in [7, 11) is 0. The summed E-state index contributed by atoms with van der Waals surface area (Å²) >= 11 is 0. The molecule has 0 aromatic rings. The van der Waals surface area contributed by atoms with E-state index in [1.165, 1.54) is 19.9 Å². The minimum absolute atomic E-state index is 0. The van der Waals surface area contributed by atoms with Gasteiger partial charge in [-0.1, -0.05) is 0 Å². The van der Waals surface area contributed by atoms with Crippen LogP contribution in [-0.4, -0.2) is 16.4 Å². The maximum absolute atomic E-state index is 10.0. The molecule has 0 heterocycles. The number of aliphatic hydroxyl groups excluding tert-OH is 1. The Morgan fingerprint density at radius 1 is 1.44 bits per heavy atom. The molecule has 4 heteroatoms. The predicted molar refractivity (Wildman–Crippen MR) is 30.7 cm³/mol. The maximum atomic E-state index is 10.0. The van der Waals surface area contributed by atoms with Gasteiger partial charge in [-0.05, 0) is 13.8 Å². The van der Waals surface area contributed by atoms with Crippen LogP contribution >= 0.6 is 0 Å². The molecule has 3 N–H and O–H groups in total. The predicted octanol–water partition coefficient (Wildman–Crippen LogP) is 0.210. The zero-order valence-electron chi connectivity index (χ0n) is 5.64. The van der Waals surface area contributed by atoms with Crippen molar-refractivity contribution in [2.45, 2.75) is 13.8 Å². The summed E-state index contributed by atoms with van der Waals surface area (Å²) < 4.78 is 0. The van der Waals surface area contributed by atoms with E-state index < -0.39 is 0 Å². The molecular formula is C5H10O3Zn. The monoisotopic (exact) mass is 182 g/mol.